The van der Waals surface area contributed by atoms with Crippen LogP contribution in [0, 0.1) is 6.92 Å². The molecule has 2 aromatic rings. The predicted octanol–water partition coefficient (Wildman–Crippen LogP) is 2.57. The van der Waals surface area contributed by atoms with Gasteiger partial charge in [0.05, 0.1) is 28.2 Å². The number of nitrogens with zero attached hydrogens (tertiary/aromatic N) is 3. The zero-order valence-electron chi connectivity index (χ0n) is 14.3. The van der Waals surface area contributed by atoms with Gasteiger partial charge < -0.3 is 10.2 Å². The number of benzene rings is 1. The molecular weight excluding hydrogens is 340 g/mol. The van der Waals surface area contributed by atoms with Gasteiger partial charge >= 0.3 is 0 Å². The van der Waals surface area contributed by atoms with Crippen molar-refractivity contribution in [2.24, 2.45) is 0 Å². The molecule has 1 saturated heterocycles. The Morgan fingerprint density at radius 3 is 2.84 bits per heavy atom. The highest BCUT2D eigenvalue weighted by atomic mass is 35.5. The van der Waals surface area contributed by atoms with Crippen molar-refractivity contribution in [3.8, 4) is 5.69 Å². The molecule has 2 heterocycles. The summed E-state index contributed by atoms with van der Waals surface area (Å²) in [7, 11) is 0. The third-order valence-electron chi connectivity index (χ3n) is 4.38. The first-order valence-corrected chi connectivity index (χ1v) is 8.73. The normalized spacial score (nSPS) is 15.5. The van der Waals surface area contributed by atoms with E-state index in [9.17, 15) is 9.59 Å². The highest BCUT2D eigenvalue weighted by Gasteiger charge is 2.23. The largest absolute Gasteiger partial charge is 0.348 e. The van der Waals surface area contributed by atoms with Crippen molar-refractivity contribution in [1.82, 2.24) is 20.0 Å². The molecule has 0 saturated carbocycles. The van der Waals surface area contributed by atoms with Gasteiger partial charge in [-0.25, -0.2) is 4.68 Å². The number of amides is 2. The molecule has 3 rings (SSSR count). The average molecular weight is 361 g/mol. The van der Waals surface area contributed by atoms with Crippen LogP contribution < -0.4 is 5.32 Å². The molecule has 1 aliphatic rings. The number of rotatable bonds is 5. The van der Waals surface area contributed by atoms with Gasteiger partial charge in [0, 0.05) is 25.6 Å². The van der Waals surface area contributed by atoms with E-state index in [2.05, 4.69) is 10.4 Å². The van der Waals surface area contributed by atoms with Gasteiger partial charge in [-0.1, -0.05) is 23.7 Å². The molecule has 1 fully saturated rings. The Kier molecular flexibility index (Phi) is 5.08. The van der Waals surface area contributed by atoms with E-state index in [4.69, 9.17) is 11.6 Å². The molecule has 1 N–H and O–H groups in total. The first-order chi connectivity index (χ1) is 12.0. The van der Waals surface area contributed by atoms with Crippen LogP contribution in [-0.4, -0.2) is 45.6 Å². The fourth-order valence-corrected chi connectivity index (χ4v) is 3.29. The van der Waals surface area contributed by atoms with E-state index >= 15 is 0 Å². The second kappa shape index (κ2) is 7.27. The van der Waals surface area contributed by atoms with Crippen molar-refractivity contribution < 1.29 is 9.59 Å². The average Bonchev–Trinajstić information content (AvgIpc) is 3.14. The minimum Gasteiger partial charge on any atom is -0.348 e. The summed E-state index contributed by atoms with van der Waals surface area (Å²) < 4.78 is 1.66. The molecule has 6 nitrogen and oxygen atoms in total. The SMILES string of the molecule is Cc1c(C(=O)NC(C)CN2CCCC2=O)cnn1-c1ccccc1Cl. The smallest absolute Gasteiger partial charge is 0.255 e. The molecule has 0 bridgehead atoms. The maximum Gasteiger partial charge on any atom is 0.255 e. The monoisotopic (exact) mass is 360 g/mol. The zero-order chi connectivity index (χ0) is 18.0. The van der Waals surface area contributed by atoms with Crippen molar-refractivity contribution in [3.63, 3.8) is 0 Å². The molecule has 0 spiro atoms. The van der Waals surface area contributed by atoms with Crippen LogP contribution in [0.5, 0.6) is 0 Å². The van der Waals surface area contributed by atoms with Gasteiger partial charge in [-0.15, -0.1) is 0 Å². The Hall–Kier alpha value is -2.34. The Morgan fingerprint density at radius 1 is 1.40 bits per heavy atom. The van der Waals surface area contributed by atoms with Crippen molar-refractivity contribution in [3.05, 3.63) is 46.7 Å². The minimum atomic E-state index is -0.199. The number of carbonyl (C=O) groups is 2. The molecule has 1 aromatic heterocycles. The lowest BCUT2D eigenvalue weighted by atomic mass is 10.2. The maximum atomic E-state index is 12.6. The van der Waals surface area contributed by atoms with Crippen LogP contribution in [0.4, 0.5) is 0 Å². The standard InChI is InChI=1S/C18H21ClN4O2/c1-12(11-22-9-5-8-17(22)24)21-18(25)14-10-20-23(13(14)2)16-7-4-3-6-15(16)19/h3-4,6-7,10,12H,5,8-9,11H2,1-2H3,(H,21,25). The van der Waals surface area contributed by atoms with Crippen LogP contribution in [0.3, 0.4) is 0 Å². The molecule has 1 aromatic carbocycles. The molecule has 25 heavy (non-hydrogen) atoms. The molecule has 7 heteroatoms. The van der Waals surface area contributed by atoms with Crippen molar-refractivity contribution in [2.45, 2.75) is 32.7 Å². The summed E-state index contributed by atoms with van der Waals surface area (Å²) in [5.74, 6) is -0.0428. The molecule has 1 atom stereocenters. The van der Waals surface area contributed by atoms with Gasteiger partial charge in [-0.05, 0) is 32.4 Å². The number of halogens is 1. The van der Waals surface area contributed by atoms with E-state index in [1.807, 2.05) is 32.0 Å². The maximum absolute atomic E-state index is 12.6. The topological polar surface area (TPSA) is 67.2 Å². The molecule has 0 radical (unpaired) electrons. The fraction of sp³-hybridized carbons (Fsp3) is 0.389. The van der Waals surface area contributed by atoms with Crippen LogP contribution in [0.2, 0.25) is 5.02 Å². The first-order valence-electron chi connectivity index (χ1n) is 8.35. The van der Waals surface area contributed by atoms with Gasteiger partial charge in [0.25, 0.3) is 5.91 Å². The van der Waals surface area contributed by atoms with E-state index < -0.39 is 0 Å². The third-order valence-corrected chi connectivity index (χ3v) is 4.70. The molecule has 132 valence electrons. The Balaban J connectivity index is 1.71. The number of hydrogen-bond donors (Lipinski definition) is 1. The Bertz CT molecular complexity index is 802. The molecule has 1 aliphatic heterocycles. The molecule has 0 aliphatic carbocycles. The van der Waals surface area contributed by atoms with Crippen LogP contribution in [0.1, 0.15) is 35.8 Å². The van der Waals surface area contributed by atoms with Crippen LogP contribution >= 0.6 is 11.6 Å². The highest BCUT2D eigenvalue weighted by Crippen LogP contribution is 2.22. The number of aromatic nitrogens is 2. The van der Waals surface area contributed by atoms with Crippen molar-refractivity contribution in [1.29, 1.82) is 0 Å². The summed E-state index contributed by atoms with van der Waals surface area (Å²) in [5, 5.41) is 7.81. The second-order valence-electron chi connectivity index (χ2n) is 6.32. The van der Waals surface area contributed by atoms with Gasteiger partial charge in [0.1, 0.15) is 0 Å². The summed E-state index contributed by atoms with van der Waals surface area (Å²) in [6, 6.07) is 7.23. The minimum absolute atomic E-state index is 0.127. The zero-order valence-corrected chi connectivity index (χ0v) is 15.1. The van der Waals surface area contributed by atoms with Gasteiger partial charge in [-0.2, -0.15) is 5.10 Å². The van der Waals surface area contributed by atoms with E-state index in [1.54, 1.807) is 21.8 Å². The first kappa shape index (κ1) is 17.5. The summed E-state index contributed by atoms with van der Waals surface area (Å²) in [4.78, 5) is 26.1. The lowest BCUT2D eigenvalue weighted by molar-refractivity contribution is -0.127. The number of nitrogens with one attached hydrogen (secondary N) is 1. The Labute approximate surface area is 151 Å². The summed E-state index contributed by atoms with van der Waals surface area (Å²) in [5.41, 5.74) is 1.95. The van der Waals surface area contributed by atoms with E-state index in [-0.39, 0.29) is 17.9 Å². The summed E-state index contributed by atoms with van der Waals surface area (Å²) >= 11 is 6.21. The van der Waals surface area contributed by atoms with Gasteiger partial charge in [0.15, 0.2) is 0 Å². The summed E-state index contributed by atoms with van der Waals surface area (Å²) in [6.07, 6.45) is 3.04. The molecule has 2 amide bonds. The van der Waals surface area contributed by atoms with Gasteiger partial charge in [-0.3, -0.25) is 9.59 Å². The summed E-state index contributed by atoms with van der Waals surface area (Å²) in [6.45, 7) is 5.03. The molecule has 1 unspecified atom stereocenters. The quantitative estimate of drug-likeness (QED) is 0.891. The number of likely N-dealkylation sites (tertiary alicyclic amines) is 1. The van der Waals surface area contributed by atoms with E-state index in [1.165, 1.54) is 0 Å². The fourth-order valence-electron chi connectivity index (χ4n) is 3.07. The van der Waals surface area contributed by atoms with Crippen molar-refractivity contribution >= 4 is 23.4 Å². The lowest BCUT2D eigenvalue weighted by Crippen LogP contribution is -2.42. The predicted molar refractivity (Wildman–Crippen MR) is 96.1 cm³/mol. The Morgan fingerprint density at radius 2 is 2.16 bits per heavy atom. The number of para-hydroxylation sites is 1. The van der Waals surface area contributed by atoms with Crippen LogP contribution in [0.15, 0.2) is 30.5 Å². The van der Waals surface area contributed by atoms with Crippen LogP contribution in [0.25, 0.3) is 5.69 Å². The van der Waals surface area contributed by atoms with Gasteiger partial charge in [0.2, 0.25) is 5.91 Å². The number of hydrogen-bond acceptors (Lipinski definition) is 3. The number of carbonyl (C=O) groups excluding carboxylic acids is 2. The van der Waals surface area contributed by atoms with E-state index in [0.717, 1.165) is 24.3 Å². The van der Waals surface area contributed by atoms with Crippen LogP contribution in [-0.2, 0) is 4.79 Å². The van der Waals surface area contributed by atoms with Crippen molar-refractivity contribution in [2.75, 3.05) is 13.1 Å². The van der Waals surface area contributed by atoms with E-state index in [0.29, 0.717) is 23.6 Å². The highest BCUT2D eigenvalue weighted by molar-refractivity contribution is 6.32. The molecular formula is C18H21ClN4O2. The third kappa shape index (κ3) is 3.69. The lowest BCUT2D eigenvalue weighted by Gasteiger charge is -2.21. The second-order valence-corrected chi connectivity index (χ2v) is 6.73.